The van der Waals surface area contributed by atoms with Gasteiger partial charge in [0.2, 0.25) is 0 Å². The van der Waals surface area contributed by atoms with Crippen LogP contribution in [0.25, 0.3) is 0 Å². The second kappa shape index (κ2) is 6.44. The van der Waals surface area contributed by atoms with Crippen molar-refractivity contribution < 1.29 is 17.5 Å². The molecular weight excluding hydrogens is 361 g/mol. The van der Waals surface area contributed by atoms with Crippen molar-refractivity contribution in [3.8, 4) is 5.75 Å². The standard InChI is InChI=1S/C14H13BrFNO3S/c15-10-1-4-12(5-2-10)20-7-8-21(18,19)14-6-3-11(17)9-13(14)16/h1-6,9H,7-8,17H2. The maximum absolute atomic E-state index is 13.6. The first-order valence-corrected chi connectivity index (χ1v) is 8.49. The number of nitrogens with two attached hydrogens (primary N) is 1. The quantitative estimate of drug-likeness (QED) is 0.817. The fourth-order valence-electron chi connectivity index (χ4n) is 1.68. The van der Waals surface area contributed by atoms with Gasteiger partial charge < -0.3 is 10.5 Å². The van der Waals surface area contributed by atoms with Crippen molar-refractivity contribution >= 4 is 31.5 Å². The zero-order valence-electron chi connectivity index (χ0n) is 10.9. The first-order chi connectivity index (χ1) is 9.88. The van der Waals surface area contributed by atoms with Crippen LogP contribution in [0.15, 0.2) is 51.8 Å². The number of anilines is 1. The molecule has 0 aromatic heterocycles. The third-order valence-corrected chi connectivity index (χ3v) is 4.96. The number of hydrogen-bond donors (Lipinski definition) is 1. The molecule has 4 nitrogen and oxygen atoms in total. The average Bonchev–Trinajstić information content (AvgIpc) is 2.40. The van der Waals surface area contributed by atoms with E-state index in [1.54, 1.807) is 24.3 Å². The van der Waals surface area contributed by atoms with Crippen molar-refractivity contribution in [1.82, 2.24) is 0 Å². The Morgan fingerprint density at radius 2 is 1.81 bits per heavy atom. The van der Waals surface area contributed by atoms with Gasteiger partial charge in [-0.25, -0.2) is 12.8 Å². The van der Waals surface area contributed by atoms with Gasteiger partial charge in [0, 0.05) is 10.2 Å². The largest absolute Gasteiger partial charge is 0.493 e. The van der Waals surface area contributed by atoms with E-state index < -0.39 is 15.7 Å². The summed E-state index contributed by atoms with van der Waals surface area (Å²) in [6.07, 6.45) is 0. The van der Waals surface area contributed by atoms with Crippen LogP contribution in [0.1, 0.15) is 0 Å². The van der Waals surface area contributed by atoms with Gasteiger partial charge in [0.25, 0.3) is 0 Å². The van der Waals surface area contributed by atoms with E-state index >= 15 is 0 Å². The molecule has 7 heteroatoms. The van der Waals surface area contributed by atoms with Crippen LogP contribution in [0.4, 0.5) is 10.1 Å². The lowest BCUT2D eigenvalue weighted by Crippen LogP contribution is -2.15. The molecule has 0 saturated carbocycles. The smallest absolute Gasteiger partial charge is 0.184 e. The molecule has 2 rings (SSSR count). The van der Waals surface area contributed by atoms with Gasteiger partial charge in [-0.2, -0.15) is 0 Å². The summed E-state index contributed by atoms with van der Waals surface area (Å²) in [7, 11) is -3.75. The van der Waals surface area contributed by atoms with E-state index in [0.717, 1.165) is 10.5 Å². The van der Waals surface area contributed by atoms with Crippen LogP contribution in [-0.4, -0.2) is 20.8 Å². The minimum Gasteiger partial charge on any atom is -0.493 e. The van der Waals surface area contributed by atoms with Crippen LogP contribution in [0.2, 0.25) is 0 Å². The molecular formula is C14H13BrFNO3S. The molecule has 0 saturated heterocycles. The van der Waals surface area contributed by atoms with Gasteiger partial charge in [0.15, 0.2) is 9.84 Å². The van der Waals surface area contributed by atoms with E-state index in [-0.39, 0.29) is 22.9 Å². The van der Waals surface area contributed by atoms with Crippen molar-refractivity contribution in [1.29, 1.82) is 0 Å². The first-order valence-electron chi connectivity index (χ1n) is 6.04. The maximum Gasteiger partial charge on any atom is 0.184 e. The lowest BCUT2D eigenvalue weighted by Gasteiger charge is -2.08. The van der Waals surface area contributed by atoms with E-state index in [1.165, 1.54) is 12.1 Å². The summed E-state index contributed by atoms with van der Waals surface area (Å²) >= 11 is 3.29. The average molecular weight is 374 g/mol. The Kier molecular flexibility index (Phi) is 4.84. The zero-order chi connectivity index (χ0) is 15.5. The number of ether oxygens (including phenoxy) is 1. The molecule has 0 aliphatic rings. The summed E-state index contributed by atoms with van der Waals surface area (Å²) in [6, 6.07) is 10.5. The number of sulfone groups is 1. The van der Waals surface area contributed by atoms with Crippen molar-refractivity contribution in [2.24, 2.45) is 0 Å². The summed E-state index contributed by atoms with van der Waals surface area (Å²) in [5, 5.41) is 0. The van der Waals surface area contributed by atoms with Gasteiger partial charge in [-0.3, -0.25) is 0 Å². The molecule has 0 aliphatic carbocycles. The summed E-state index contributed by atoms with van der Waals surface area (Å²) in [5.41, 5.74) is 5.57. The summed E-state index contributed by atoms with van der Waals surface area (Å²) in [6.45, 7) is -0.0617. The van der Waals surface area contributed by atoms with Gasteiger partial charge >= 0.3 is 0 Å². The van der Waals surface area contributed by atoms with Gasteiger partial charge in [0.05, 0.1) is 5.75 Å². The lowest BCUT2D eigenvalue weighted by atomic mass is 10.3. The molecule has 0 fully saturated rings. The highest BCUT2D eigenvalue weighted by Crippen LogP contribution is 2.19. The Balaban J connectivity index is 2.03. The molecule has 0 aliphatic heterocycles. The van der Waals surface area contributed by atoms with Crippen LogP contribution < -0.4 is 10.5 Å². The number of nitrogen functional groups attached to an aromatic ring is 1. The topological polar surface area (TPSA) is 69.4 Å². The van der Waals surface area contributed by atoms with E-state index in [9.17, 15) is 12.8 Å². The minimum atomic E-state index is -3.75. The van der Waals surface area contributed by atoms with Gasteiger partial charge in [-0.15, -0.1) is 0 Å². The molecule has 0 amide bonds. The number of rotatable bonds is 5. The molecule has 0 atom stereocenters. The Bertz CT molecular complexity index is 732. The van der Waals surface area contributed by atoms with Crippen LogP contribution in [0.3, 0.4) is 0 Å². The third-order valence-electron chi connectivity index (χ3n) is 2.73. The van der Waals surface area contributed by atoms with Gasteiger partial charge in [-0.05, 0) is 42.5 Å². The van der Waals surface area contributed by atoms with Gasteiger partial charge in [0.1, 0.15) is 23.1 Å². The Morgan fingerprint density at radius 1 is 1.14 bits per heavy atom. The minimum absolute atomic E-state index is 0.0617. The summed E-state index contributed by atoms with van der Waals surface area (Å²) < 4.78 is 43.9. The van der Waals surface area contributed by atoms with Crippen LogP contribution >= 0.6 is 15.9 Å². The molecule has 2 N–H and O–H groups in total. The third kappa shape index (κ3) is 4.18. The number of hydrogen-bond acceptors (Lipinski definition) is 4. The summed E-state index contributed by atoms with van der Waals surface area (Å²) in [4.78, 5) is -0.365. The molecule has 0 heterocycles. The first kappa shape index (κ1) is 15.8. The molecule has 0 spiro atoms. The fraction of sp³-hybridized carbons (Fsp3) is 0.143. The van der Waals surface area contributed by atoms with E-state index in [0.29, 0.717) is 5.75 Å². The highest BCUT2D eigenvalue weighted by molar-refractivity contribution is 9.10. The Hall–Kier alpha value is -1.60. The van der Waals surface area contributed by atoms with Crippen LogP contribution in [0, 0.1) is 5.82 Å². The SMILES string of the molecule is Nc1ccc(S(=O)(=O)CCOc2ccc(Br)cc2)c(F)c1. The highest BCUT2D eigenvalue weighted by atomic mass is 79.9. The fourth-order valence-corrected chi connectivity index (χ4v) is 3.10. The molecule has 0 unspecified atom stereocenters. The van der Waals surface area contributed by atoms with Crippen molar-refractivity contribution in [3.05, 3.63) is 52.8 Å². The normalized spacial score (nSPS) is 11.3. The molecule has 0 radical (unpaired) electrons. The predicted molar refractivity (Wildman–Crippen MR) is 82.5 cm³/mol. The Labute approximate surface area is 130 Å². The predicted octanol–water partition coefficient (Wildman–Crippen LogP) is 3.02. The van der Waals surface area contributed by atoms with E-state index in [4.69, 9.17) is 10.5 Å². The van der Waals surface area contributed by atoms with Crippen LogP contribution in [0.5, 0.6) is 5.75 Å². The molecule has 21 heavy (non-hydrogen) atoms. The van der Waals surface area contributed by atoms with E-state index in [1.807, 2.05) is 0 Å². The second-order valence-electron chi connectivity index (χ2n) is 4.31. The Morgan fingerprint density at radius 3 is 2.43 bits per heavy atom. The summed E-state index contributed by atoms with van der Waals surface area (Å²) in [5.74, 6) is -0.617. The number of halogens is 2. The van der Waals surface area contributed by atoms with Gasteiger partial charge in [-0.1, -0.05) is 15.9 Å². The van der Waals surface area contributed by atoms with Crippen molar-refractivity contribution in [3.63, 3.8) is 0 Å². The molecule has 2 aromatic rings. The van der Waals surface area contributed by atoms with Crippen molar-refractivity contribution in [2.45, 2.75) is 4.90 Å². The molecule has 0 bridgehead atoms. The molecule has 2 aromatic carbocycles. The second-order valence-corrected chi connectivity index (χ2v) is 7.30. The monoisotopic (exact) mass is 373 g/mol. The number of benzene rings is 2. The van der Waals surface area contributed by atoms with Crippen molar-refractivity contribution in [2.75, 3.05) is 18.1 Å². The maximum atomic E-state index is 13.6. The van der Waals surface area contributed by atoms with E-state index in [2.05, 4.69) is 15.9 Å². The highest BCUT2D eigenvalue weighted by Gasteiger charge is 2.19. The zero-order valence-corrected chi connectivity index (χ0v) is 13.3. The molecule has 112 valence electrons. The lowest BCUT2D eigenvalue weighted by molar-refractivity contribution is 0.340. The van der Waals surface area contributed by atoms with Crippen LogP contribution in [-0.2, 0) is 9.84 Å².